The fourth-order valence-electron chi connectivity index (χ4n) is 1.64. The van der Waals surface area contributed by atoms with Crippen molar-refractivity contribution in [3.63, 3.8) is 0 Å². The molecule has 14 heavy (non-hydrogen) atoms. The van der Waals surface area contributed by atoms with E-state index in [2.05, 4.69) is 15.5 Å². The van der Waals surface area contributed by atoms with Crippen LogP contribution in [0.1, 0.15) is 31.0 Å². The second kappa shape index (κ2) is 4.55. The third-order valence-electron chi connectivity index (χ3n) is 2.74. The smallest absolute Gasteiger partial charge is 0.227 e. The zero-order valence-electron chi connectivity index (χ0n) is 8.62. The third kappa shape index (κ3) is 2.54. The van der Waals surface area contributed by atoms with Crippen LogP contribution in [0, 0.1) is 12.8 Å². The topological polar surface area (TPSA) is 51.0 Å². The lowest BCUT2D eigenvalue weighted by molar-refractivity contribution is 0.299. The average Bonchev–Trinajstić information content (AvgIpc) is 2.48. The van der Waals surface area contributed by atoms with Crippen molar-refractivity contribution in [3.05, 3.63) is 11.7 Å². The van der Waals surface area contributed by atoms with Gasteiger partial charge in [-0.05, 0) is 32.2 Å². The first kappa shape index (κ1) is 9.65. The van der Waals surface area contributed by atoms with Gasteiger partial charge in [0, 0.05) is 13.0 Å². The maximum Gasteiger partial charge on any atom is 0.227 e. The van der Waals surface area contributed by atoms with Gasteiger partial charge >= 0.3 is 0 Å². The molecule has 78 valence electrons. The van der Waals surface area contributed by atoms with Crippen molar-refractivity contribution >= 4 is 0 Å². The molecule has 1 saturated carbocycles. The van der Waals surface area contributed by atoms with Crippen LogP contribution in [0.2, 0.25) is 0 Å². The first-order valence-corrected chi connectivity index (χ1v) is 5.34. The van der Waals surface area contributed by atoms with E-state index in [4.69, 9.17) is 4.52 Å². The van der Waals surface area contributed by atoms with Crippen molar-refractivity contribution in [3.8, 4) is 0 Å². The number of rotatable bonds is 5. The molecule has 0 radical (unpaired) electrons. The Labute approximate surface area is 84.1 Å². The molecule has 1 aromatic rings. The summed E-state index contributed by atoms with van der Waals surface area (Å²) in [5.41, 5.74) is 0. The minimum absolute atomic E-state index is 0.721. The Morgan fingerprint density at radius 3 is 2.93 bits per heavy atom. The van der Waals surface area contributed by atoms with Gasteiger partial charge in [-0.3, -0.25) is 0 Å². The van der Waals surface area contributed by atoms with Gasteiger partial charge in [-0.2, -0.15) is 4.98 Å². The molecule has 1 N–H and O–H groups in total. The summed E-state index contributed by atoms with van der Waals surface area (Å²) in [6, 6.07) is 0. The molecular formula is C10H17N3O. The third-order valence-corrected chi connectivity index (χ3v) is 2.74. The normalized spacial score (nSPS) is 16.9. The maximum absolute atomic E-state index is 5.01. The predicted octanol–water partition coefficient (Wildman–Crippen LogP) is 1.31. The fraction of sp³-hybridized carbons (Fsp3) is 0.800. The van der Waals surface area contributed by atoms with Gasteiger partial charge in [-0.1, -0.05) is 11.6 Å². The summed E-state index contributed by atoms with van der Waals surface area (Å²) in [7, 11) is 0. The highest BCUT2D eigenvalue weighted by atomic mass is 16.5. The molecule has 1 aliphatic rings. The minimum atomic E-state index is 0.721. The molecule has 0 spiro atoms. The Morgan fingerprint density at radius 2 is 2.36 bits per heavy atom. The van der Waals surface area contributed by atoms with Gasteiger partial charge in [0.25, 0.3) is 0 Å². The minimum Gasteiger partial charge on any atom is -0.339 e. The quantitative estimate of drug-likeness (QED) is 0.720. The van der Waals surface area contributed by atoms with Crippen LogP contribution >= 0.6 is 0 Å². The molecular weight excluding hydrogens is 178 g/mol. The first-order valence-electron chi connectivity index (χ1n) is 5.34. The van der Waals surface area contributed by atoms with Crippen molar-refractivity contribution in [1.82, 2.24) is 15.5 Å². The SMILES string of the molecule is Cc1noc(CCNCC2CCC2)n1. The van der Waals surface area contributed by atoms with E-state index in [1.807, 2.05) is 6.92 Å². The van der Waals surface area contributed by atoms with E-state index < -0.39 is 0 Å². The van der Waals surface area contributed by atoms with E-state index in [0.29, 0.717) is 0 Å². The number of aromatic nitrogens is 2. The van der Waals surface area contributed by atoms with Crippen LogP contribution in [0.5, 0.6) is 0 Å². The van der Waals surface area contributed by atoms with E-state index >= 15 is 0 Å². The van der Waals surface area contributed by atoms with Crippen molar-refractivity contribution in [2.24, 2.45) is 5.92 Å². The fourth-order valence-corrected chi connectivity index (χ4v) is 1.64. The number of aryl methyl sites for hydroxylation is 1. The molecule has 1 aromatic heterocycles. The monoisotopic (exact) mass is 195 g/mol. The Kier molecular flexibility index (Phi) is 3.14. The highest BCUT2D eigenvalue weighted by molar-refractivity contribution is 4.83. The van der Waals surface area contributed by atoms with Crippen molar-refractivity contribution < 1.29 is 4.52 Å². The van der Waals surface area contributed by atoms with Crippen LogP contribution in [-0.2, 0) is 6.42 Å². The zero-order chi connectivity index (χ0) is 9.80. The summed E-state index contributed by atoms with van der Waals surface area (Å²) in [5.74, 6) is 2.38. The van der Waals surface area contributed by atoms with Gasteiger partial charge in [0.1, 0.15) is 0 Å². The summed E-state index contributed by atoms with van der Waals surface area (Å²) in [5, 5.41) is 7.16. The molecule has 0 saturated heterocycles. The lowest BCUT2D eigenvalue weighted by Crippen LogP contribution is -2.28. The van der Waals surface area contributed by atoms with Crippen molar-refractivity contribution in [2.75, 3.05) is 13.1 Å². The summed E-state index contributed by atoms with van der Waals surface area (Å²) in [4.78, 5) is 4.14. The number of nitrogens with one attached hydrogen (secondary N) is 1. The average molecular weight is 195 g/mol. The van der Waals surface area contributed by atoms with Gasteiger partial charge in [-0.25, -0.2) is 0 Å². The summed E-state index contributed by atoms with van der Waals surface area (Å²) in [6.45, 7) is 3.93. The molecule has 0 unspecified atom stereocenters. The molecule has 1 aliphatic carbocycles. The number of hydrogen-bond donors (Lipinski definition) is 1. The van der Waals surface area contributed by atoms with E-state index in [9.17, 15) is 0 Å². The second-order valence-electron chi connectivity index (χ2n) is 3.99. The largest absolute Gasteiger partial charge is 0.339 e. The standard InChI is InChI=1S/C10H17N3O/c1-8-12-10(14-13-8)5-6-11-7-9-3-2-4-9/h9,11H,2-7H2,1H3. The van der Waals surface area contributed by atoms with Crippen LogP contribution < -0.4 is 5.32 Å². The van der Waals surface area contributed by atoms with Crippen LogP contribution in [0.15, 0.2) is 4.52 Å². The van der Waals surface area contributed by atoms with Crippen LogP contribution in [0.4, 0.5) is 0 Å². The van der Waals surface area contributed by atoms with Gasteiger partial charge in [-0.15, -0.1) is 0 Å². The second-order valence-corrected chi connectivity index (χ2v) is 3.99. The van der Waals surface area contributed by atoms with Gasteiger partial charge in [0.2, 0.25) is 5.89 Å². The molecule has 0 aromatic carbocycles. The first-order chi connectivity index (χ1) is 6.84. The molecule has 4 heteroatoms. The van der Waals surface area contributed by atoms with E-state index in [-0.39, 0.29) is 0 Å². The van der Waals surface area contributed by atoms with Gasteiger partial charge < -0.3 is 9.84 Å². The van der Waals surface area contributed by atoms with Gasteiger partial charge in [0.05, 0.1) is 0 Å². The highest BCUT2D eigenvalue weighted by Gasteiger charge is 2.16. The summed E-state index contributed by atoms with van der Waals surface area (Å²) < 4.78 is 5.01. The molecule has 1 heterocycles. The van der Waals surface area contributed by atoms with Crippen LogP contribution in [0.25, 0.3) is 0 Å². The molecule has 0 bridgehead atoms. The maximum atomic E-state index is 5.01. The number of nitrogens with zero attached hydrogens (tertiary/aromatic N) is 2. The van der Waals surface area contributed by atoms with Crippen LogP contribution in [-0.4, -0.2) is 23.2 Å². The number of hydrogen-bond acceptors (Lipinski definition) is 4. The van der Waals surface area contributed by atoms with E-state index in [0.717, 1.165) is 37.1 Å². The summed E-state index contributed by atoms with van der Waals surface area (Å²) in [6.07, 6.45) is 5.04. The van der Waals surface area contributed by atoms with Gasteiger partial charge in [0.15, 0.2) is 5.82 Å². The summed E-state index contributed by atoms with van der Waals surface area (Å²) >= 11 is 0. The molecule has 0 atom stereocenters. The molecule has 0 aliphatic heterocycles. The molecule has 1 fully saturated rings. The Balaban J connectivity index is 1.58. The molecule has 0 amide bonds. The van der Waals surface area contributed by atoms with Crippen molar-refractivity contribution in [1.29, 1.82) is 0 Å². The van der Waals surface area contributed by atoms with Crippen LogP contribution in [0.3, 0.4) is 0 Å². The molecule has 2 rings (SSSR count). The van der Waals surface area contributed by atoms with E-state index in [1.54, 1.807) is 0 Å². The Morgan fingerprint density at radius 1 is 1.50 bits per heavy atom. The van der Waals surface area contributed by atoms with E-state index in [1.165, 1.54) is 19.3 Å². The highest BCUT2D eigenvalue weighted by Crippen LogP contribution is 2.24. The molecule has 4 nitrogen and oxygen atoms in total. The zero-order valence-corrected chi connectivity index (χ0v) is 8.62. The lowest BCUT2D eigenvalue weighted by Gasteiger charge is -2.25. The Hall–Kier alpha value is -0.900. The Bertz CT molecular complexity index is 281. The predicted molar refractivity (Wildman–Crippen MR) is 52.9 cm³/mol. The van der Waals surface area contributed by atoms with Crippen molar-refractivity contribution in [2.45, 2.75) is 32.6 Å². The lowest BCUT2D eigenvalue weighted by atomic mass is 9.85.